The lowest BCUT2D eigenvalue weighted by atomic mass is 10.2. The van der Waals surface area contributed by atoms with Crippen molar-refractivity contribution in [3.05, 3.63) is 57.6 Å². The van der Waals surface area contributed by atoms with E-state index in [0.717, 1.165) is 16.3 Å². The Morgan fingerprint density at radius 1 is 1.12 bits per heavy atom. The monoisotopic (exact) mass is 404 g/mol. The highest BCUT2D eigenvalue weighted by Gasteiger charge is 2.15. The molecule has 0 atom stereocenters. The molecule has 0 amide bonds. The van der Waals surface area contributed by atoms with Gasteiger partial charge in [0.2, 0.25) is 5.95 Å². The first-order valence-corrected chi connectivity index (χ1v) is 9.04. The number of hydrogen-bond donors (Lipinski definition) is 1. The molecule has 0 aliphatic carbocycles. The van der Waals surface area contributed by atoms with Crippen molar-refractivity contribution >= 4 is 40.5 Å². The summed E-state index contributed by atoms with van der Waals surface area (Å²) in [7, 11) is 0. The molecule has 0 aliphatic heterocycles. The Morgan fingerprint density at radius 3 is 2.88 bits per heavy atom. The molecule has 3 heterocycles. The Balaban J connectivity index is 1.62. The molecule has 1 N–H and O–H groups in total. The Morgan fingerprint density at radius 2 is 2.04 bits per heavy atom. The molecule has 0 spiro atoms. The van der Waals surface area contributed by atoms with Gasteiger partial charge in [0.15, 0.2) is 5.01 Å². The third kappa shape index (κ3) is 3.24. The molecule has 0 saturated heterocycles. The molecule has 4 rings (SSSR count). The molecule has 4 aromatic rings. The quantitative estimate of drug-likeness (QED) is 0.543. The zero-order valence-corrected chi connectivity index (χ0v) is 15.4. The maximum Gasteiger partial charge on any atom is 0.248 e. The third-order valence-electron chi connectivity index (χ3n) is 3.52. The highest BCUT2D eigenvalue weighted by molar-refractivity contribution is 7.12. The van der Waals surface area contributed by atoms with Crippen molar-refractivity contribution < 1.29 is 0 Å². The Bertz CT molecular complexity index is 1030. The third-order valence-corrected chi connectivity index (χ3v) is 5.03. The number of aromatic nitrogens is 7. The minimum absolute atomic E-state index is 0.375. The number of tetrazole rings is 1. The molecule has 0 saturated carbocycles. The molecular formula is C15H10Cl2N8S. The molecule has 130 valence electrons. The van der Waals surface area contributed by atoms with Crippen molar-refractivity contribution in [3.63, 3.8) is 0 Å². The second kappa shape index (κ2) is 7.32. The van der Waals surface area contributed by atoms with Gasteiger partial charge in [0, 0.05) is 18.3 Å². The summed E-state index contributed by atoms with van der Waals surface area (Å²) in [6.07, 6.45) is 1.72. The van der Waals surface area contributed by atoms with Crippen LogP contribution in [0.4, 0.5) is 5.95 Å². The summed E-state index contributed by atoms with van der Waals surface area (Å²) >= 11 is 13.8. The molecule has 0 bridgehead atoms. The SMILES string of the molecule is Clc1cccc(-n2nnnc2NCc2cccnc2-c2nncs2)c1Cl. The highest BCUT2D eigenvalue weighted by Crippen LogP contribution is 2.29. The van der Waals surface area contributed by atoms with Gasteiger partial charge < -0.3 is 5.32 Å². The van der Waals surface area contributed by atoms with Crippen LogP contribution in [0.5, 0.6) is 0 Å². The first kappa shape index (κ1) is 16.8. The molecule has 0 radical (unpaired) electrons. The van der Waals surface area contributed by atoms with E-state index in [-0.39, 0.29) is 0 Å². The number of nitrogens with zero attached hydrogens (tertiary/aromatic N) is 7. The maximum atomic E-state index is 6.27. The summed E-state index contributed by atoms with van der Waals surface area (Å²) in [5, 5.41) is 24.4. The van der Waals surface area contributed by atoms with Crippen LogP contribution in [0.15, 0.2) is 42.0 Å². The molecule has 0 unspecified atom stereocenters. The lowest BCUT2D eigenvalue weighted by molar-refractivity contribution is 0.789. The average Bonchev–Trinajstić information content (AvgIpc) is 3.34. The lowest BCUT2D eigenvalue weighted by Gasteiger charge is -2.10. The van der Waals surface area contributed by atoms with Crippen LogP contribution in [0, 0.1) is 0 Å². The van der Waals surface area contributed by atoms with Crippen molar-refractivity contribution in [1.29, 1.82) is 0 Å². The molecule has 11 heteroatoms. The maximum absolute atomic E-state index is 6.27. The number of hydrogen-bond acceptors (Lipinski definition) is 8. The predicted octanol–water partition coefficient (Wildman–Crippen LogP) is 3.49. The molecule has 8 nitrogen and oxygen atoms in total. The van der Waals surface area contributed by atoms with E-state index in [1.807, 2.05) is 12.1 Å². The van der Waals surface area contributed by atoms with Crippen molar-refractivity contribution in [3.8, 4) is 16.4 Å². The molecule has 0 aliphatic rings. The van der Waals surface area contributed by atoms with E-state index in [9.17, 15) is 0 Å². The fourth-order valence-corrected chi connectivity index (χ4v) is 3.30. The summed E-state index contributed by atoms with van der Waals surface area (Å²) in [4.78, 5) is 4.40. The van der Waals surface area contributed by atoms with Gasteiger partial charge in [-0.2, -0.15) is 4.68 Å². The first-order chi connectivity index (χ1) is 12.7. The number of rotatable bonds is 5. The van der Waals surface area contributed by atoms with Crippen LogP contribution >= 0.6 is 34.5 Å². The largest absolute Gasteiger partial charge is 0.349 e. The fourth-order valence-electron chi connectivity index (χ4n) is 2.34. The number of halogens is 2. The van der Waals surface area contributed by atoms with Crippen molar-refractivity contribution in [1.82, 2.24) is 35.4 Å². The zero-order valence-electron chi connectivity index (χ0n) is 13.0. The number of pyridine rings is 1. The van der Waals surface area contributed by atoms with Crippen molar-refractivity contribution in [2.75, 3.05) is 5.32 Å². The van der Waals surface area contributed by atoms with Crippen LogP contribution in [-0.2, 0) is 6.54 Å². The zero-order chi connectivity index (χ0) is 17.9. The molecule has 26 heavy (non-hydrogen) atoms. The number of benzene rings is 1. The van der Waals surface area contributed by atoms with Gasteiger partial charge in [0.05, 0.1) is 15.7 Å². The number of anilines is 1. The van der Waals surface area contributed by atoms with E-state index < -0.39 is 0 Å². The van der Waals surface area contributed by atoms with E-state index in [1.165, 1.54) is 16.0 Å². The summed E-state index contributed by atoms with van der Waals surface area (Å²) in [5.74, 6) is 0.432. The second-order valence-corrected chi connectivity index (χ2v) is 6.71. The van der Waals surface area contributed by atoms with E-state index in [4.69, 9.17) is 23.2 Å². The van der Waals surface area contributed by atoms with Gasteiger partial charge in [-0.25, -0.2) is 0 Å². The standard InChI is InChI=1S/C15H10Cl2N8S/c16-10-4-1-5-11(12(10)17)25-15(22-23-24-25)19-7-9-3-2-6-18-13(9)14-21-20-8-26-14/h1-6,8H,7H2,(H,19,22,24). The van der Waals surface area contributed by atoms with E-state index in [1.54, 1.807) is 29.9 Å². The minimum atomic E-state index is 0.375. The van der Waals surface area contributed by atoms with Gasteiger partial charge >= 0.3 is 0 Å². The van der Waals surface area contributed by atoms with Gasteiger partial charge in [0.1, 0.15) is 11.2 Å². The van der Waals surface area contributed by atoms with Crippen LogP contribution in [0.25, 0.3) is 16.4 Å². The Hall–Kier alpha value is -2.62. The molecule has 0 fully saturated rings. The van der Waals surface area contributed by atoms with Gasteiger partial charge in [-0.3, -0.25) is 4.98 Å². The predicted molar refractivity (Wildman–Crippen MR) is 99.6 cm³/mol. The van der Waals surface area contributed by atoms with Crippen LogP contribution in [0.3, 0.4) is 0 Å². The molecular weight excluding hydrogens is 395 g/mol. The molecule has 1 aromatic carbocycles. The van der Waals surface area contributed by atoms with Crippen LogP contribution in [0.1, 0.15) is 5.56 Å². The van der Waals surface area contributed by atoms with Crippen molar-refractivity contribution in [2.24, 2.45) is 0 Å². The fraction of sp³-hybridized carbons (Fsp3) is 0.0667. The normalized spacial score (nSPS) is 10.8. The van der Waals surface area contributed by atoms with E-state index in [2.05, 4.69) is 36.0 Å². The average molecular weight is 405 g/mol. The van der Waals surface area contributed by atoms with Gasteiger partial charge in [-0.1, -0.05) is 51.8 Å². The summed E-state index contributed by atoms with van der Waals surface area (Å²) < 4.78 is 1.50. The summed E-state index contributed by atoms with van der Waals surface area (Å²) in [5.41, 5.74) is 3.96. The highest BCUT2D eigenvalue weighted by atomic mass is 35.5. The smallest absolute Gasteiger partial charge is 0.248 e. The van der Waals surface area contributed by atoms with Crippen LogP contribution < -0.4 is 5.32 Å². The van der Waals surface area contributed by atoms with Gasteiger partial charge in [-0.05, 0) is 28.6 Å². The number of nitrogens with one attached hydrogen (secondary N) is 1. The van der Waals surface area contributed by atoms with Gasteiger partial charge in [-0.15, -0.1) is 10.2 Å². The van der Waals surface area contributed by atoms with Crippen LogP contribution in [-0.4, -0.2) is 35.4 Å². The summed E-state index contributed by atoms with van der Waals surface area (Å²) in [6, 6.07) is 9.08. The first-order valence-electron chi connectivity index (χ1n) is 7.41. The van der Waals surface area contributed by atoms with Crippen molar-refractivity contribution in [2.45, 2.75) is 6.54 Å². The Labute approximate surface area is 161 Å². The van der Waals surface area contributed by atoms with E-state index in [0.29, 0.717) is 28.2 Å². The topological polar surface area (TPSA) is 94.3 Å². The molecule has 3 aromatic heterocycles. The van der Waals surface area contributed by atoms with Crippen LogP contribution in [0.2, 0.25) is 10.0 Å². The minimum Gasteiger partial charge on any atom is -0.349 e. The second-order valence-electron chi connectivity index (χ2n) is 5.10. The van der Waals surface area contributed by atoms with Gasteiger partial charge in [0.25, 0.3) is 0 Å². The van der Waals surface area contributed by atoms with E-state index >= 15 is 0 Å². The lowest BCUT2D eigenvalue weighted by Crippen LogP contribution is -2.09. The summed E-state index contributed by atoms with van der Waals surface area (Å²) in [6.45, 7) is 0.446. The Kier molecular flexibility index (Phi) is 4.74.